The van der Waals surface area contributed by atoms with Crippen molar-refractivity contribution in [3.05, 3.63) is 41.5 Å². The molecule has 0 aromatic heterocycles. The van der Waals surface area contributed by atoms with Gasteiger partial charge in [-0.3, -0.25) is 14.4 Å². The zero-order valence-corrected chi connectivity index (χ0v) is 12.3. The highest BCUT2D eigenvalue weighted by atomic mass is 16.3. The average molecular weight is 286 g/mol. The second-order valence-electron chi connectivity index (χ2n) is 5.67. The van der Waals surface area contributed by atoms with E-state index in [0.717, 1.165) is 0 Å². The lowest BCUT2D eigenvalue weighted by atomic mass is 9.69. The van der Waals surface area contributed by atoms with Crippen molar-refractivity contribution < 1.29 is 19.5 Å². The normalized spacial score (nSPS) is 25.9. The van der Waals surface area contributed by atoms with Crippen LogP contribution in [0.3, 0.4) is 0 Å². The Morgan fingerprint density at radius 1 is 1.19 bits per heavy atom. The van der Waals surface area contributed by atoms with E-state index < -0.39 is 11.5 Å². The highest BCUT2D eigenvalue weighted by molar-refractivity contribution is 6.19. The summed E-state index contributed by atoms with van der Waals surface area (Å²) < 4.78 is 0. The van der Waals surface area contributed by atoms with Crippen LogP contribution in [0.2, 0.25) is 0 Å². The SMILES string of the molecule is CC(=O)C1=C(c2ccccc2)C(C(C)=O)C(=O)CC1(C)O. The Labute approximate surface area is 123 Å². The molecule has 0 heterocycles. The fourth-order valence-corrected chi connectivity index (χ4v) is 3.05. The molecule has 0 bridgehead atoms. The Balaban J connectivity index is 2.81. The van der Waals surface area contributed by atoms with Crippen molar-refractivity contribution in [2.75, 3.05) is 0 Å². The monoisotopic (exact) mass is 286 g/mol. The van der Waals surface area contributed by atoms with Gasteiger partial charge in [0.15, 0.2) is 11.6 Å². The first kappa shape index (κ1) is 15.3. The van der Waals surface area contributed by atoms with Crippen LogP contribution in [0.4, 0.5) is 0 Å². The van der Waals surface area contributed by atoms with Crippen LogP contribution in [0.25, 0.3) is 5.57 Å². The third kappa shape index (κ3) is 2.72. The van der Waals surface area contributed by atoms with Gasteiger partial charge in [-0.05, 0) is 31.9 Å². The molecule has 1 aliphatic carbocycles. The van der Waals surface area contributed by atoms with E-state index in [1.807, 2.05) is 6.07 Å². The number of Topliss-reactive ketones (excluding diaryl/α,β-unsaturated/α-hetero) is 3. The molecule has 0 amide bonds. The van der Waals surface area contributed by atoms with Crippen LogP contribution in [0.1, 0.15) is 32.8 Å². The quantitative estimate of drug-likeness (QED) is 0.862. The Bertz CT molecular complexity index is 638. The highest BCUT2D eigenvalue weighted by Crippen LogP contribution is 2.41. The smallest absolute Gasteiger partial charge is 0.159 e. The van der Waals surface area contributed by atoms with Crippen molar-refractivity contribution in [1.29, 1.82) is 0 Å². The van der Waals surface area contributed by atoms with Crippen molar-refractivity contribution in [2.24, 2.45) is 5.92 Å². The molecule has 0 saturated carbocycles. The summed E-state index contributed by atoms with van der Waals surface area (Å²) in [5.41, 5.74) is -0.415. The maximum Gasteiger partial charge on any atom is 0.159 e. The number of ketones is 3. The van der Waals surface area contributed by atoms with Gasteiger partial charge in [0, 0.05) is 12.0 Å². The number of hydrogen-bond acceptors (Lipinski definition) is 4. The van der Waals surface area contributed by atoms with Gasteiger partial charge in [0.1, 0.15) is 11.7 Å². The lowest BCUT2D eigenvalue weighted by molar-refractivity contribution is -0.132. The first-order valence-electron chi connectivity index (χ1n) is 6.82. The largest absolute Gasteiger partial charge is 0.385 e. The first-order valence-corrected chi connectivity index (χ1v) is 6.82. The molecule has 0 radical (unpaired) electrons. The number of benzene rings is 1. The molecule has 4 nitrogen and oxygen atoms in total. The highest BCUT2D eigenvalue weighted by Gasteiger charge is 2.45. The zero-order chi connectivity index (χ0) is 15.8. The number of aliphatic hydroxyl groups is 1. The molecule has 1 N–H and O–H groups in total. The van der Waals surface area contributed by atoms with Crippen LogP contribution >= 0.6 is 0 Å². The zero-order valence-electron chi connectivity index (χ0n) is 12.3. The third-order valence-corrected chi connectivity index (χ3v) is 3.78. The minimum Gasteiger partial charge on any atom is -0.385 e. The molecule has 1 aromatic carbocycles. The lowest BCUT2D eigenvalue weighted by Crippen LogP contribution is -2.43. The van der Waals surface area contributed by atoms with Gasteiger partial charge < -0.3 is 5.11 Å². The van der Waals surface area contributed by atoms with Gasteiger partial charge in [-0.25, -0.2) is 0 Å². The van der Waals surface area contributed by atoms with Crippen LogP contribution in [-0.2, 0) is 14.4 Å². The molecule has 2 rings (SSSR count). The van der Waals surface area contributed by atoms with Gasteiger partial charge >= 0.3 is 0 Å². The fourth-order valence-electron chi connectivity index (χ4n) is 3.05. The molecule has 0 saturated heterocycles. The van der Waals surface area contributed by atoms with Gasteiger partial charge in [0.05, 0.1) is 5.60 Å². The van der Waals surface area contributed by atoms with E-state index >= 15 is 0 Å². The molecule has 0 aliphatic heterocycles. The number of allylic oxidation sites excluding steroid dienone is 1. The number of carbonyl (C=O) groups is 3. The van der Waals surface area contributed by atoms with E-state index in [9.17, 15) is 19.5 Å². The second-order valence-corrected chi connectivity index (χ2v) is 5.67. The van der Waals surface area contributed by atoms with Crippen LogP contribution in [0.5, 0.6) is 0 Å². The maximum atomic E-state index is 12.3. The standard InChI is InChI=1S/C17H18O4/c1-10(18)14-13(20)9-17(3,21)16(11(2)19)15(14)12-7-5-4-6-8-12/h4-8,14,21H,9H2,1-3H3. The van der Waals surface area contributed by atoms with Crippen LogP contribution < -0.4 is 0 Å². The van der Waals surface area contributed by atoms with Gasteiger partial charge in [-0.15, -0.1) is 0 Å². The summed E-state index contributed by atoms with van der Waals surface area (Å²) in [5.74, 6) is -1.96. The summed E-state index contributed by atoms with van der Waals surface area (Å²) in [6, 6.07) is 8.82. The predicted molar refractivity (Wildman–Crippen MR) is 78.5 cm³/mol. The molecule has 0 fully saturated rings. The number of rotatable bonds is 3. The summed E-state index contributed by atoms with van der Waals surface area (Å²) in [7, 11) is 0. The molecule has 2 atom stereocenters. The van der Waals surface area contributed by atoms with Crippen molar-refractivity contribution in [3.8, 4) is 0 Å². The van der Waals surface area contributed by atoms with Crippen molar-refractivity contribution >= 4 is 22.9 Å². The Morgan fingerprint density at radius 3 is 2.24 bits per heavy atom. The summed E-state index contributed by atoms with van der Waals surface area (Å²) >= 11 is 0. The summed E-state index contributed by atoms with van der Waals surface area (Å²) in [6.07, 6.45) is -0.220. The molecule has 1 aromatic rings. The van der Waals surface area contributed by atoms with Crippen LogP contribution in [0.15, 0.2) is 35.9 Å². The Hall–Kier alpha value is -2.07. The average Bonchev–Trinajstić information content (AvgIpc) is 2.36. The van der Waals surface area contributed by atoms with Gasteiger partial charge in [0.2, 0.25) is 0 Å². The van der Waals surface area contributed by atoms with Crippen molar-refractivity contribution in [3.63, 3.8) is 0 Å². The molecule has 110 valence electrons. The molecule has 2 unspecified atom stereocenters. The molecule has 4 heteroatoms. The van der Waals surface area contributed by atoms with Crippen LogP contribution in [0, 0.1) is 5.92 Å². The predicted octanol–water partition coefficient (Wildman–Crippen LogP) is 1.96. The topological polar surface area (TPSA) is 71.4 Å². The second kappa shape index (κ2) is 5.37. The van der Waals surface area contributed by atoms with Gasteiger partial charge in [0.25, 0.3) is 0 Å². The van der Waals surface area contributed by atoms with E-state index in [0.29, 0.717) is 11.1 Å². The molecule has 21 heavy (non-hydrogen) atoms. The minimum atomic E-state index is -1.54. The summed E-state index contributed by atoms with van der Waals surface area (Å²) in [5, 5.41) is 10.5. The van der Waals surface area contributed by atoms with E-state index in [4.69, 9.17) is 0 Å². The molecular formula is C17H18O4. The van der Waals surface area contributed by atoms with Crippen molar-refractivity contribution in [2.45, 2.75) is 32.8 Å². The van der Waals surface area contributed by atoms with E-state index in [2.05, 4.69) is 0 Å². The minimum absolute atomic E-state index is 0.161. The van der Waals surface area contributed by atoms with Gasteiger partial charge in [-0.1, -0.05) is 30.3 Å². The Kier molecular flexibility index (Phi) is 3.92. The van der Waals surface area contributed by atoms with Gasteiger partial charge in [-0.2, -0.15) is 0 Å². The lowest BCUT2D eigenvalue weighted by Gasteiger charge is -2.35. The summed E-state index contributed by atoms with van der Waals surface area (Å²) in [4.78, 5) is 36.2. The van der Waals surface area contributed by atoms with Crippen LogP contribution in [-0.4, -0.2) is 28.1 Å². The Morgan fingerprint density at radius 2 is 1.76 bits per heavy atom. The molecule has 0 spiro atoms. The van der Waals surface area contributed by atoms with E-state index in [1.54, 1.807) is 24.3 Å². The maximum absolute atomic E-state index is 12.3. The molecular weight excluding hydrogens is 268 g/mol. The molecule has 1 aliphatic rings. The third-order valence-electron chi connectivity index (χ3n) is 3.78. The summed E-state index contributed by atoms with van der Waals surface area (Å²) in [6.45, 7) is 4.13. The first-order chi connectivity index (χ1) is 9.75. The number of hydrogen-bond donors (Lipinski definition) is 1. The van der Waals surface area contributed by atoms with E-state index in [-0.39, 0.29) is 29.3 Å². The van der Waals surface area contributed by atoms with E-state index in [1.165, 1.54) is 20.8 Å². The van der Waals surface area contributed by atoms with Crippen molar-refractivity contribution in [1.82, 2.24) is 0 Å². The fraction of sp³-hybridized carbons (Fsp3) is 0.353. The number of carbonyl (C=O) groups excluding carboxylic acids is 3.